The molecule has 7 heteroatoms. The molecule has 4 rings (SSSR count). The van der Waals surface area contributed by atoms with Gasteiger partial charge in [-0.05, 0) is 43.4 Å². The first-order valence-electron chi connectivity index (χ1n) is 9.63. The molecule has 0 unspecified atom stereocenters. The van der Waals surface area contributed by atoms with E-state index in [1.54, 1.807) is 14.2 Å². The number of ether oxygens (including phenoxy) is 1. The fourth-order valence-electron chi connectivity index (χ4n) is 3.90. The van der Waals surface area contributed by atoms with Crippen LogP contribution >= 0.6 is 0 Å². The molecule has 1 aliphatic carbocycles. The Bertz CT molecular complexity index is 889. The van der Waals surface area contributed by atoms with Crippen LogP contribution in [0, 0.1) is 0 Å². The van der Waals surface area contributed by atoms with Gasteiger partial charge in [-0.3, -0.25) is 9.36 Å². The van der Waals surface area contributed by atoms with Crippen LogP contribution < -0.4 is 10.4 Å². The third-order valence-electron chi connectivity index (χ3n) is 5.60. The van der Waals surface area contributed by atoms with Crippen molar-refractivity contribution in [1.29, 1.82) is 0 Å². The zero-order valence-corrected chi connectivity index (χ0v) is 15.9. The third kappa shape index (κ3) is 3.63. The maximum atomic E-state index is 12.7. The molecule has 1 aromatic carbocycles. The lowest BCUT2D eigenvalue weighted by Crippen LogP contribution is -2.41. The van der Waals surface area contributed by atoms with Gasteiger partial charge >= 0.3 is 5.69 Å². The number of methoxy groups -OCH3 is 1. The van der Waals surface area contributed by atoms with Gasteiger partial charge < -0.3 is 9.64 Å². The molecule has 0 radical (unpaired) electrons. The zero-order valence-electron chi connectivity index (χ0n) is 15.9. The average molecular weight is 370 g/mol. The summed E-state index contributed by atoms with van der Waals surface area (Å²) in [6.45, 7) is 1.36. The molecule has 1 saturated carbocycles. The number of nitrogens with zero attached hydrogens (tertiary/aromatic N) is 4. The van der Waals surface area contributed by atoms with Gasteiger partial charge in [-0.1, -0.05) is 12.1 Å². The second kappa shape index (κ2) is 7.21. The predicted octanol–water partition coefficient (Wildman–Crippen LogP) is 1.87. The van der Waals surface area contributed by atoms with Gasteiger partial charge in [0.1, 0.15) is 11.6 Å². The van der Waals surface area contributed by atoms with E-state index in [1.165, 1.54) is 4.68 Å². The monoisotopic (exact) mass is 370 g/mol. The summed E-state index contributed by atoms with van der Waals surface area (Å²) < 4.78 is 8.57. The van der Waals surface area contributed by atoms with Crippen molar-refractivity contribution in [1.82, 2.24) is 19.2 Å². The molecule has 0 atom stereocenters. The molecule has 7 nitrogen and oxygen atoms in total. The highest BCUT2D eigenvalue weighted by molar-refractivity contribution is 5.79. The number of aromatic nitrogens is 3. The van der Waals surface area contributed by atoms with Crippen molar-refractivity contribution in [3.05, 3.63) is 46.1 Å². The first-order chi connectivity index (χ1) is 13.1. The van der Waals surface area contributed by atoms with Gasteiger partial charge in [0.05, 0.1) is 13.5 Å². The number of carbonyl (C=O) groups excluding carboxylic acids is 1. The van der Waals surface area contributed by atoms with Crippen molar-refractivity contribution in [2.75, 3.05) is 20.2 Å². The van der Waals surface area contributed by atoms with E-state index in [-0.39, 0.29) is 17.6 Å². The van der Waals surface area contributed by atoms with Crippen molar-refractivity contribution < 1.29 is 9.53 Å². The van der Waals surface area contributed by atoms with Gasteiger partial charge in [0.25, 0.3) is 0 Å². The molecule has 2 aromatic rings. The van der Waals surface area contributed by atoms with Crippen LogP contribution in [0.5, 0.6) is 5.75 Å². The molecule has 1 saturated heterocycles. The second-order valence-corrected chi connectivity index (χ2v) is 7.55. The number of likely N-dealkylation sites (tertiary alicyclic amines) is 1. The van der Waals surface area contributed by atoms with E-state index in [9.17, 15) is 9.59 Å². The number of benzene rings is 1. The molecule has 2 aliphatic rings. The molecule has 1 aliphatic heterocycles. The van der Waals surface area contributed by atoms with E-state index in [0.717, 1.165) is 42.8 Å². The summed E-state index contributed by atoms with van der Waals surface area (Å²) in [6.07, 6.45) is 4.22. The van der Waals surface area contributed by atoms with Crippen LogP contribution in [-0.2, 0) is 18.3 Å². The fourth-order valence-corrected chi connectivity index (χ4v) is 3.90. The minimum absolute atomic E-state index is 0.0296. The molecule has 1 aromatic heterocycles. The molecule has 0 bridgehead atoms. The quantitative estimate of drug-likeness (QED) is 0.806. The van der Waals surface area contributed by atoms with E-state index in [4.69, 9.17) is 4.74 Å². The first kappa shape index (κ1) is 17.8. The lowest BCUT2D eigenvalue weighted by molar-refractivity contribution is -0.131. The van der Waals surface area contributed by atoms with E-state index in [2.05, 4.69) is 5.10 Å². The molecule has 2 fully saturated rings. The Kier molecular flexibility index (Phi) is 4.76. The number of piperidine rings is 1. The Morgan fingerprint density at radius 2 is 1.96 bits per heavy atom. The van der Waals surface area contributed by atoms with E-state index in [0.29, 0.717) is 25.4 Å². The standard InChI is InChI=1S/C20H26N4O3/c1-22-20(26)24(19(21-22)15-6-7-15)16-8-10-23(11-9-16)18(25)13-14-4-3-5-17(12-14)27-2/h3-5,12,15-16H,6-11,13H2,1-2H3. The first-order valence-corrected chi connectivity index (χ1v) is 9.63. The summed E-state index contributed by atoms with van der Waals surface area (Å²) in [6, 6.07) is 7.78. The Balaban J connectivity index is 1.40. The lowest BCUT2D eigenvalue weighted by atomic mass is 10.0. The van der Waals surface area contributed by atoms with Crippen LogP contribution in [0.2, 0.25) is 0 Å². The summed E-state index contributed by atoms with van der Waals surface area (Å²) in [7, 11) is 3.35. The van der Waals surface area contributed by atoms with Gasteiger partial charge in [0, 0.05) is 32.1 Å². The molecule has 2 heterocycles. The summed E-state index contributed by atoms with van der Waals surface area (Å²) in [5, 5.41) is 4.45. The van der Waals surface area contributed by atoms with Crippen LogP contribution in [0.25, 0.3) is 0 Å². The SMILES string of the molecule is COc1cccc(CC(=O)N2CCC(n3c(C4CC4)nn(C)c3=O)CC2)c1. The summed E-state index contributed by atoms with van der Waals surface area (Å²) >= 11 is 0. The summed E-state index contributed by atoms with van der Waals surface area (Å²) in [5.41, 5.74) is 0.930. The van der Waals surface area contributed by atoms with Gasteiger partial charge in [-0.25, -0.2) is 9.48 Å². The molecule has 0 spiro atoms. The highest BCUT2D eigenvalue weighted by atomic mass is 16.5. The van der Waals surface area contributed by atoms with Crippen LogP contribution in [0.1, 0.15) is 49.0 Å². The van der Waals surface area contributed by atoms with E-state index in [1.807, 2.05) is 33.7 Å². The van der Waals surface area contributed by atoms with Gasteiger partial charge in [-0.15, -0.1) is 0 Å². The Hall–Kier alpha value is -2.57. The number of hydrogen-bond donors (Lipinski definition) is 0. The Morgan fingerprint density at radius 3 is 2.63 bits per heavy atom. The molecule has 144 valence electrons. The number of aryl methyl sites for hydroxylation is 1. The number of hydrogen-bond acceptors (Lipinski definition) is 4. The van der Waals surface area contributed by atoms with Crippen molar-refractivity contribution in [3.8, 4) is 5.75 Å². The minimum Gasteiger partial charge on any atom is -0.497 e. The lowest BCUT2D eigenvalue weighted by Gasteiger charge is -2.32. The Morgan fingerprint density at radius 1 is 1.22 bits per heavy atom. The second-order valence-electron chi connectivity index (χ2n) is 7.55. The van der Waals surface area contributed by atoms with Crippen LogP contribution in [0.4, 0.5) is 0 Å². The largest absolute Gasteiger partial charge is 0.497 e. The normalized spacial score (nSPS) is 17.9. The average Bonchev–Trinajstić information content (AvgIpc) is 3.48. The van der Waals surface area contributed by atoms with Crippen molar-refractivity contribution in [2.24, 2.45) is 7.05 Å². The van der Waals surface area contributed by atoms with Crippen molar-refractivity contribution >= 4 is 5.91 Å². The van der Waals surface area contributed by atoms with Crippen LogP contribution in [0.3, 0.4) is 0 Å². The number of rotatable bonds is 5. The highest BCUT2D eigenvalue weighted by Crippen LogP contribution is 2.40. The third-order valence-corrected chi connectivity index (χ3v) is 5.60. The molecule has 1 amide bonds. The van der Waals surface area contributed by atoms with Crippen LogP contribution in [-0.4, -0.2) is 45.4 Å². The van der Waals surface area contributed by atoms with Crippen molar-refractivity contribution in [2.45, 2.75) is 44.1 Å². The van der Waals surface area contributed by atoms with Crippen LogP contribution in [0.15, 0.2) is 29.1 Å². The fraction of sp³-hybridized carbons (Fsp3) is 0.550. The van der Waals surface area contributed by atoms with E-state index < -0.39 is 0 Å². The van der Waals surface area contributed by atoms with Crippen molar-refractivity contribution in [3.63, 3.8) is 0 Å². The highest BCUT2D eigenvalue weighted by Gasteiger charge is 2.34. The van der Waals surface area contributed by atoms with Gasteiger partial charge in [0.15, 0.2) is 0 Å². The summed E-state index contributed by atoms with van der Waals surface area (Å²) in [5.74, 6) is 2.26. The minimum atomic E-state index is -0.0296. The molecule has 0 N–H and O–H groups in total. The number of amides is 1. The predicted molar refractivity (Wildman–Crippen MR) is 101 cm³/mol. The smallest absolute Gasteiger partial charge is 0.345 e. The van der Waals surface area contributed by atoms with E-state index >= 15 is 0 Å². The topological polar surface area (TPSA) is 69.4 Å². The molecular weight excluding hydrogens is 344 g/mol. The summed E-state index contributed by atoms with van der Waals surface area (Å²) in [4.78, 5) is 27.1. The Labute approximate surface area is 158 Å². The molecular formula is C20H26N4O3. The number of carbonyl (C=O) groups is 1. The maximum absolute atomic E-state index is 12.7. The van der Waals surface area contributed by atoms with Gasteiger partial charge in [0.2, 0.25) is 5.91 Å². The maximum Gasteiger partial charge on any atom is 0.345 e. The zero-order chi connectivity index (χ0) is 19.0. The molecule has 27 heavy (non-hydrogen) atoms. The van der Waals surface area contributed by atoms with Gasteiger partial charge in [-0.2, -0.15) is 5.10 Å².